The van der Waals surface area contributed by atoms with Crippen LogP contribution in [0.4, 0.5) is 0 Å². The smallest absolute Gasteiger partial charge is 0.194 e. The number of nitrogens with one attached hydrogen (secondary N) is 1. The fourth-order valence-electron chi connectivity index (χ4n) is 2.51. The zero-order valence-corrected chi connectivity index (χ0v) is 18.3. The van der Waals surface area contributed by atoms with Gasteiger partial charge in [0.1, 0.15) is 12.2 Å². The van der Waals surface area contributed by atoms with Crippen LogP contribution in [0.15, 0.2) is 23.6 Å². The van der Waals surface area contributed by atoms with Crippen LogP contribution in [0.5, 0.6) is 0 Å². The van der Waals surface area contributed by atoms with E-state index < -0.39 is 0 Å². The van der Waals surface area contributed by atoms with Gasteiger partial charge >= 0.3 is 0 Å². The summed E-state index contributed by atoms with van der Waals surface area (Å²) in [6.07, 6.45) is 4.54. The molecule has 0 saturated heterocycles. The fourth-order valence-corrected chi connectivity index (χ4v) is 2.79. The van der Waals surface area contributed by atoms with E-state index in [0.717, 1.165) is 48.6 Å². The highest BCUT2D eigenvalue weighted by molar-refractivity contribution is 14.0. The summed E-state index contributed by atoms with van der Waals surface area (Å²) in [4.78, 5) is 6.81. The lowest BCUT2D eigenvalue weighted by Gasteiger charge is -2.22. The lowest BCUT2D eigenvalue weighted by Crippen LogP contribution is -2.39. The van der Waals surface area contributed by atoms with E-state index in [1.807, 2.05) is 35.5 Å². The lowest BCUT2D eigenvalue weighted by atomic mass is 10.4. The standard InChI is InChI=1S/C16H26ClN7.HI/c1-5-15-21-20-12-24(15)8-7-19-16(18-6-2)23(4)11-14-9-13(17)10-22(14)3;/h9-10,12H,5-8,11H2,1-4H3,(H,18,19);1H. The number of aryl methyl sites for hydroxylation is 2. The molecule has 0 fully saturated rings. The second-order valence-corrected chi connectivity index (χ2v) is 6.08. The number of guanidine groups is 1. The van der Waals surface area contributed by atoms with Crippen molar-refractivity contribution in [2.24, 2.45) is 12.0 Å². The van der Waals surface area contributed by atoms with Crippen molar-refractivity contribution in [1.82, 2.24) is 29.5 Å². The molecule has 2 aromatic rings. The van der Waals surface area contributed by atoms with E-state index in [4.69, 9.17) is 16.6 Å². The number of halogens is 2. The summed E-state index contributed by atoms with van der Waals surface area (Å²) in [6.45, 7) is 7.15. The fraction of sp³-hybridized carbons (Fsp3) is 0.562. The molecule has 0 radical (unpaired) electrons. The van der Waals surface area contributed by atoms with E-state index in [1.54, 1.807) is 6.33 Å². The van der Waals surface area contributed by atoms with Gasteiger partial charge in [-0.1, -0.05) is 18.5 Å². The van der Waals surface area contributed by atoms with Crippen molar-refractivity contribution in [2.75, 3.05) is 20.1 Å². The van der Waals surface area contributed by atoms with Crippen LogP contribution < -0.4 is 5.32 Å². The minimum atomic E-state index is 0. The van der Waals surface area contributed by atoms with Crippen molar-refractivity contribution in [3.05, 3.63) is 35.1 Å². The lowest BCUT2D eigenvalue weighted by molar-refractivity contribution is 0.461. The van der Waals surface area contributed by atoms with Crippen LogP contribution in [0.3, 0.4) is 0 Å². The molecule has 25 heavy (non-hydrogen) atoms. The van der Waals surface area contributed by atoms with Crippen molar-refractivity contribution in [2.45, 2.75) is 33.4 Å². The highest BCUT2D eigenvalue weighted by Crippen LogP contribution is 2.14. The maximum Gasteiger partial charge on any atom is 0.194 e. The molecule has 2 rings (SSSR count). The molecule has 0 amide bonds. The molecular formula is C16H27ClIN7. The first kappa shape index (κ1) is 21.8. The predicted octanol–water partition coefficient (Wildman–Crippen LogP) is 2.55. The molecule has 1 N–H and O–H groups in total. The SMILES string of the molecule is CCNC(=NCCn1cnnc1CC)N(C)Cc1cc(Cl)cn1C.I. The monoisotopic (exact) mass is 479 g/mol. The first-order valence-electron chi connectivity index (χ1n) is 8.22. The number of aromatic nitrogens is 4. The molecule has 7 nitrogen and oxygen atoms in total. The average Bonchev–Trinajstić information content (AvgIpc) is 3.12. The molecule has 0 aliphatic heterocycles. The Morgan fingerprint density at radius 1 is 1.40 bits per heavy atom. The van der Waals surface area contributed by atoms with Gasteiger partial charge in [-0.15, -0.1) is 34.2 Å². The molecule has 2 heterocycles. The number of nitrogens with zero attached hydrogens (tertiary/aromatic N) is 6. The van der Waals surface area contributed by atoms with Gasteiger partial charge < -0.3 is 19.4 Å². The van der Waals surface area contributed by atoms with E-state index in [2.05, 4.69) is 34.3 Å². The summed E-state index contributed by atoms with van der Waals surface area (Å²) < 4.78 is 4.08. The van der Waals surface area contributed by atoms with E-state index in [1.165, 1.54) is 0 Å². The van der Waals surface area contributed by atoms with Crippen molar-refractivity contribution >= 4 is 41.5 Å². The van der Waals surface area contributed by atoms with Crippen LogP contribution in [-0.4, -0.2) is 50.3 Å². The summed E-state index contributed by atoms with van der Waals surface area (Å²) >= 11 is 6.06. The van der Waals surface area contributed by atoms with Gasteiger partial charge in [0.25, 0.3) is 0 Å². The molecule has 2 aromatic heterocycles. The number of hydrogen-bond acceptors (Lipinski definition) is 3. The largest absolute Gasteiger partial charge is 0.357 e. The molecule has 140 valence electrons. The maximum absolute atomic E-state index is 6.06. The normalized spacial score (nSPS) is 11.3. The van der Waals surface area contributed by atoms with Crippen LogP contribution in [0.1, 0.15) is 25.4 Å². The molecule has 0 atom stereocenters. The van der Waals surface area contributed by atoms with Crippen molar-refractivity contribution in [3.8, 4) is 0 Å². The summed E-state index contributed by atoms with van der Waals surface area (Å²) in [7, 11) is 4.02. The van der Waals surface area contributed by atoms with E-state index >= 15 is 0 Å². The zero-order valence-electron chi connectivity index (χ0n) is 15.2. The van der Waals surface area contributed by atoms with Gasteiger partial charge in [-0.3, -0.25) is 4.99 Å². The van der Waals surface area contributed by atoms with Crippen molar-refractivity contribution < 1.29 is 0 Å². The topological polar surface area (TPSA) is 63.3 Å². The highest BCUT2D eigenvalue weighted by atomic mass is 127. The maximum atomic E-state index is 6.06. The predicted molar refractivity (Wildman–Crippen MR) is 113 cm³/mol. The van der Waals surface area contributed by atoms with Gasteiger partial charge in [0.15, 0.2) is 5.96 Å². The van der Waals surface area contributed by atoms with Gasteiger partial charge in [0, 0.05) is 45.5 Å². The van der Waals surface area contributed by atoms with Gasteiger partial charge in [-0.2, -0.15) is 0 Å². The van der Waals surface area contributed by atoms with Gasteiger partial charge in [-0.25, -0.2) is 0 Å². The van der Waals surface area contributed by atoms with Crippen LogP contribution in [0, 0.1) is 0 Å². The Hall–Kier alpha value is -1.29. The summed E-state index contributed by atoms with van der Waals surface area (Å²) in [6, 6.07) is 1.98. The highest BCUT2D eigenvalue weighted by Gasteiger charge is 2.10. The minimum absolute atomic E-state index is 0. The molecule has 0 bridgehead atoms. The second-order valence-electron chi connectivity index (χ2n) is 5.65. The molecule has 0 aliphatic rings. The van der Waals surface area contributed by atoms with E-state index in [0.29, 0.717) is 6.54 Å². The van der Waals surface area contributed by atoms with Crippen LogP contribution in [-0.2, 0) is 26.6 Å². The third-order valence-electron chi connectivity index (χ3n) is 3.78. The summed E-state index contributed by atoms with van der Waals surface area (Å²) in [5.41, 5.74) is 1.14. The molecule has 0 spiro atoms. The first-order chi connectivity index (χ1) is 11.5. The first-order valence-corrected chi connectivity index (χ1v) is 8.59. The third kappa shape index (κ3) is 6.18. The Morgan fingerprint density at radius 2 is 2.16 bits per heavy atom. The minimum Gasteiger partial charge on any atom is -0.357 e. The van der Waals surface area contributed by atoms with Gasteiger partial charge in [-0.05, 0) is 13.0 Å². The number of hydrogen-bond donors (Lipinski definition) is 1. The Kier molecular flexibility index (Phi) is 9.26. The second kappa shape index (κ2) is 10.6. The van der Waals surface area contributed by atoms with Gasteiger partial charge in [0.2, 0.25) is 0 Å². The zero-order chi connectivity index (χ0) is 17.5. The third-order valence-corrected chi connectivity index (χ3v) is 3.99. The van der Waals surface area contributed by atoms with Crippen molar-refractivity contribution in [3.63, 3.8) is 0 Å². The Bertz CT molecular complexity index is 680. The number of rotatable bonds is 7. The Morgan fingerprint density at radius 3 is 2.76 bits per heavy atom. The Labute approximate surface area is 171 Å². The summed E-state index contributed by atoms with van der Waals surface area (Å²) in [5, 5.41) is 12.1. The van der Waals surface area contributed by atoms with Crippen LogP contribution in [0.2, 0.25) is 5.02 Å². The average molecular weight is 480 g/mol. The molecule has 0 unspecified atom stereocenters. The Balaban J connectivity index is 0.00000312. The van der Waals surface area contributed by atoms with E-state index in [-0.39, 0.29) is 24.0 Å². The molecule has 0 aromatic carbocycles. The van der Waals surface area contributed by atoms with Crippen LogP contribution in [0.25, 0.3) is 0 Å². The molecular weight excluding hydrogens is 453 g/mol. The molecule has 9 heteroatoms. The quantitative estimate of drug-likeness (QED) is 0.377. The number of aliphatic imine (C=N–C) groups is 1. The van der Waals surface area contributed by atoms with Gasteiger partial charge in [0.05, 0.1) is 18.1 Å². The van der Waals surface area contributed by atoms with Crippen molar-refractivity contribution in [1.29, 1.82) is 0 Å². The van der Waals surface area contributed by atoms with Crippen LogP contribution >= 0.6 is 35.6 Å². The molecule has 0 saturated carbocycles. The van der Waals surface area contributed by atoms with E-state index in [9.17, 15) is 0 Å². The summed E-state index contributed by atoms with van der Waals surface area (Å²) in [5.74, 6) is 1.86. The molecule has 0 aliphatic carbocycles.